The first-order chi connectivity index (χ1) is 12.3. The summed E-state index contributed by atoms with van der Waals surface area (Å²) in [6.45, 7) is 3.81. The molecule has 0 atom stereocenters. The minimum atomic E-state index is -1.29. The van der Waals surface area contributed by atoms with Crippen molar-refractivity contribution in [3.8, 4) is 22.6 Å². The molecule has 132 valence electrons. The Morgan fingerprint density at radius 3 is 2.54 bits per heavy atom. The zero-order valence-corrected chi connectivity index (χ0v) is 14.5. The van der Waals surface area contributed by atoms with Crippen molar-refractivity contribution in [3.63, 3.8) is 0 Å². The molecule has 1 aliphatic rings. The second-order valence-electron chi connectivity index (χ2n) is 6.62. The van der Waals surface area contributed by atoms with Crippen LogP contribution in [0.1, 0.15) is 30.0 Å². The van der Waals surface area contributed by atoms with Gasteiger partial charge in [0.1, 0.15) is 28.1 Å². The molecule has 4 rings (SSSR count). The minimum Gasteiger partial charge on any atom is -0.497 e. The van der Waals surface area contributed by atoms with Crippen LogP contribution < -0.4 is 14.9 Å². The van der Waals surface area contributed by atoms with E-state index in [1.54, 1.807) is 19.2 Å². The summed E-state index contributed by atoms with van der Waals surface area (Å²) in [5.41, 5.74) is 1.65. The highest BCUT2D eigenvalue weighted by molar-refractivity contribution is 5.95. The first-order valence-corrected chi connectivity index (χ1v) is 8.04. The Kier molecular flexibility index (Phi) is 3.34. The topological polar surface area (TPSA) is 86.0 Å². The molecule has 1 aromatic heterocycles. The van der Waals surface area contributed by atoms with Crippen LogP contribution in [0, 0.1) is 0 Å². The molecule has 0 saturated heterocycles. The normalized spacial score (nSPS) is 14.3. The summed E-state index contributed by atoms with van der Waals surface area (Å²) in [5.74, 6) is -0.575. The number of aromatic carboxylic acids is 1. The smallest absolute Gasteiger partial charge is 0.371 e. The Morgan fingerprint density at radius 2 is 1.85 bits per heavy atom. The second-order valence-corrected chi connectivity index (χ2v) is 6.62. The van der Waals surface area contributed by atoms with Gasteiger partial charge in [-0.15, -0.1) is 0 Å². The predicted molar refractivity (Wildman–Crippen MR) is 95.1 cm³/mol. The monoisotopic (exact) mass is 352 g/mol. The van der Waals surface area contributed by atoms with E-state index in [2.05, 4.69) is 0 Å². The van der Waals surface area contributed by atoms with Gasteiger partial charge in [0.25, 0.3) is 0 Å². The van der Waals surface area contributed by atoms with Gasteiger partial charge in [-0.1, -0.05) is 6.07 Å². The second kappa shape index (κ2) is 5.36. The molecule has 1 N–H and O–H groups in total. The summed E-state index contributed by atoms with van der Waals surface area (Å²) in [6.07, 6.45) is 0. The molecule has 0 aliphatic carbocycles. The molecule has 6 nitrogen and oxygen atoms in total. The maximum Gasteiger partial charge on any atom is 0.371 e. The van der Waals surface area contributed by atoms with Crippen LogP contribution in [-0.4, -0.2) is 18.2 Å². The number of carboxylic acid groups (broad SMARTS) is 1. The summed E-state index contributed by atoms with van der Waals surface area (Å²) in [7, 11) is 1.60. The highest BCUT2D eigenvalue weighted by Gasteiger charge is 2.35. The molecule has 1 aliphatic heterocycles. The average Bonchev–Trinajstić information content (AvgIpc) is 2.60. The number of fused-ring (bicyclic) bond motifs is 5. The fourth-order valence-corrected chi connectivity index (χ4v) is 3.34. The number of hydrogen-bond donors (Lipinski definition) is 1. The number of carboxylic acids is 1. The standard InChI is InChI=1S/C20H16O6/c1-20(2)13-8-10(24-3)4-5-11(13)12-6-7-15-17(18(12)26-20)14(21)9-16(25-15)19(22)23/h4-9H,1-3H3,(H,22,23). The number of carbonyl (C=O) groups is 1. The predicted octanol–water partition coefficient (Wildman–Crippen LogP) is 3.79. The van der Waals surface area contributed by atoms with Crippen LogP contribution in [0.15, 0.2) is 45.6 Å². The quantitative estimate of drug-likeness (QED) is 0.755. The lowest BCUT2D eigenvalue weighted by molar-refractivity contribution is 0.0662. The van der Waals surface area contributed by atoms with Gasteiger partial charge in [0.2, 0.25) is 5.76 Å². The Morgan fingerprint density at radius 1 is 1.12 bits per heavy atom. The van der Waals surface area contributed by atoms with Crippen LogP contribution in [0.2, 0.25) is 0 Å². The fraction of sp³-hybridized carbons (Fsp3) is 0.200. The molecule has 0 saturated carbocycles. The lowest BCUT2D eigenvalue weighted by Crippen LogP contribution is -2.30. The van der Waals surface area contributed by atoms with Gasteiger partial charge in [-0.25, -0.2) is 4.79 Å². The average molecular weight is 352 g/mol. The van der Waals surface area contributed by atoms with Gasteiger partial charge in [0.05, 0.1) is 7.11 Å². The number of benzene rings is 2. The van der Waals surface area contributed by atoms with E-state index < -0.39 is 22.8 Å². The Hall–Kier alpha value is -3.28. The first-order valence-electron chi connectivity index (χ1n) is 8.04. The molecule has 0 spiro atoms. The van der Waals surface area contributed by atoms with Gasteiger partial charge < -0.3 is 19.0 Å². The number of ether oxygens (including phenoxy) is 2. The Bertz CT molecular complexity index is 1120. The summed E-state index contributed by atoms with van der Waals surface area (Å²) in [4.78, 5) is 23.7. The lowest BCUT2D eigenvalue weighted by Gasteiger charge is -2.35. The summed E-state index contributed by atoms with van der Waals surface area (Å²) < 4.78 is 16.9. The molecule has 2 aromatic carbocycles. The third kappa shape index (κ3) is 2.26. The van der Waals surface area contributed by atoms with Crippen molar-refractivity contribution in [2.75, 3.05) is 7.11 Å². The molecule has 3 aromatic rings. The van der Waals surface area contributed by atoms with E-state index in [4.69, 9.17) is 19.0 Å². The third-order valence-electron chi connectivity index (χ3n) is 4.58. The third-order valence-corrected chi connectivity index (χ3v) is 4.58. The molecular formula is C20H16O6. The minimum absolute atomic E-state index is 0.182. The molecule has 6 heteroatoms. The van der Waals surface area contributed by atoms with Crippen LogP contribution in [-0.2, 0) is 5.60 Å². The van der Waals surface area contributed by atoms with Gasteiger partial charge in [0, 0.05) is 17.2 Å². The van der Waals surface area contributed by atoms with Gasteiger partial charge in [-0.3, -0.25) is 4.79 Å². The van der Waals surface area contributed by atoms with Crippen molar-refractivity contribution >= 4 is 16.9 Å². The first kappa shape index (κ1) is 16.2. The van der Waals surface area contributed by atoms with E-state index >= 15 is 0 Å². The highest BCUT2D eigenvalue weighted by atomic mass is 16.5. The van der Waals surface area contributed by atoms with E-state index in [0.717, 1.165) is 28.5 Å². The lowest BCUT2D eigenvalue weighted by atomic mass is 9.85. The summed E-state index contributed by atoms with van der Waals surface area (Å²) >= 11 is 0. The van der Waals surface area contributed by atoms with Crippen molar-refractivity contribution in [1.29, 1.82) is 0 Å². The highest BCUT2D eigenvalue weighted by Crippen LogP contribution is 2.48. The molecular weight excluding hydrogens is 336 g/mol. The van der Waals surface area contributed by atoms with E-state index in [1.165, 1.54) is 0 Å². The van der Waals surface area contributed by atoms with Crippen molar-refractivity contribution in [3.05, 3.63) is 57.9 Å². The van der Waals surface area contributed by atoms with Gasteiger partial charge in [-0.2, -0.15) is 0 Å². The molecule has 0 bridgehead atoms. The van der Waals surface area contributed by atoms with Gasteiger partial charge in [-0.05, 0) is 43.7 Å². The van der Waals surface area contributed by atoms with Crippen LogP contribution in [0.4, 0.5) is 0 Å². The Labute approximate surface area is 148 Å². The SMILES string of the molecule is COc1ccc2c(c1)C(C)(C)Oc1c-2ccc2oc(C(=O)O)cc(=O)c12. The molecule has 0 fully saturated rings. The van der Waals surface area contributed by atoms with Crippen molar-refractivity contribution in [2.45, 2.75) is 19.4 Å². The molecule has 26 heavy (non-hydrogen) atoms. The number of methoxy groups -OCH3 is 1. The van der Waals surface area contributed by atoms with Crippen LogP contribution in [0.3, 0.4) is 0 Å². The zero-order valence-electron chi connectivity index (χ0n) is 14.5. The molecule has 0 radical (unpaired) electrons. The number of rotatable bonds is 2. The molecule has 0 unspecified atom stereocenters. The van der Waals surface area contributed by atoms with Crippen LogP contribution in [0.5, 0.6) is 11.5 Å². The van der Waals surface area contributed by atoms with E-state index in [0.29, 0.717) is 5.75 Å². The van der Waals surface area contributed by atoms with Crippen molar-refractivity contribution in [2.24, 2.45) is 0 Å². The van der Waals surface area contributed by atoms with Gasteiger partial charge >= 0.3 is 5.97 Å². The largest absolute Gasteiger partial charge is 0.497 e. The van der Waals surface area contributed by atoms with Crippen molar-refractivity contribution < 1.29 is 23.8 Å². The summed E-state index contributed by atoms with van der Waals surface area (Å²) in [6, 6.07) is 10.0. The fourth-order valence-electron chi connectivity index (χ4n) is 3.34. The van der Waals surface area contributed by atoms with E-state index in [1.807, 2.05) is 32.0 Å². The van der Waals surface area contributed by atoms with Gasteiger partial charge in [0.15, 0.2) is 5.43 Å². The van der Waals surface area contributed by atoms with Crippen molar-refractivity contribution in [1.82, 2.24) is 0 Å². The Balaban J connectivity index is 2.06. The maximum absolute atomic E-state index is 12.6. The maximum atomic E-state index is 12.6. The molecule has 0 amide bonds. The van der Waals surface area contributed by atoms with E-state index in [9.17, 15) is 9.59 Å². The summed E-state index contributed by atoms with van der Waals surface area (Å²) in [5, 5.41) is 9.33. The van der Waals surface area contributed by atoms with Crippen LogP contribution in [0.25, 0.3) is 22.1 Å². The molecule has 2 heterocycles. The van der Waals surface area contributed by atoms with Crippen LogP contribution >= 0.6 is 0 Å². The zero-order chi connectivity index (χ0) is 18.6. The number of hydrogen-bond acceptors (Lipinski definition) is 5. The van der Waals surface area contributed by atoms with E-state index in [-0.39, 0.29) is 11.0 Å².